The van der Waals surface area contributed by atoms with Crippen molar-refractivity contribution in [1.82, 2.24) is 15.4 Å². The van der Waals surface area contributed by atoms with Crippen LogP contribution >= 0.6 is 0 Å². The molecule has 1 aliphatic rings. The number of nitrogens with one attached hydrogen (secondary N) is 1. The molecule has 1 N–H and O–H groups in total. The van der Waals surface area contributed by atoms with Crippen LogP contribution < -0.4 is 5.32 Å². The highest BCUT2D eigenvalue weighted by Gasteiger charge is 2.23. The van der Waals surface area contributed by atoms with Gasteiger partial charge in [-0.2, -0.15) is 0 Å². The van der Waals surface area contributed by atoms with E-state index in [4.69, 9.17) is 9.26 Å². The SMILES string of the molecule is Cc1ccc(-c2cc(C(=O)NCc3ccccc3CN3CC(C)OC(C)C3)on2)cc1. The highest BCUT2D eigenvalue weighted by molar-refractivity contribution is 5.92. The highest BCUT2D eigenvalue weighted by Crippen LogP contribution is 2.20. The predicted octanol–water partition coefficient (Wildman–Crippen LogP) is 4.19. The van der Waals surface area contributed by atoms with E-state index in [2.05, 4.69) is 41.4 Å². The quantitative estimate of drug-likeness (QED) is 0.649. The molecule has 3 aromatic rings. The van der Waals surface area contributed by atoms with Gasteiger partial charge in [0.05, 0.1) is 12.2 Å². The molecule has 0 radical (unpaired) electrons. The molecule has 0 bridgehead atoms. The van der Waals surface area contributed by atoms with Gasteiger partial charge >= 0.3 is 0 Å². The first-order valence-electron chi connectivity index (χ1n) is 10.7. The number of rotatable bonds is 6. The van der Waals surface area contributed by atoms with Gasteiger partial charge in [-0.15, -0.1) is 0 Å². The number of amides is 1. The Bertz CT molecular complexity index is 1020. The highest BCUT2D eigenvalue weighted by atomic mass is 16.5. The Balaban J connectivity index is 1.39. The molecule has 1 fully saturated rings. The average molecular weight is 420 g/mol. The fourth-order valence-electron chi connectivity index (χ4n) is 4.04. The first-order valence-corrected chi connectivity index (χ1v) is 10.7. The van der Waals surface area contributed by atoms with E-state index in [1.54, 1.807) is 6.07 Å². The van der Waals surface area contributed by atoms with Crippen LogP contribution in [0, 0.1) is 6.92 Å². The molecule has 1 amide bonds. The number of morpholine rings is 1. The van der Waals surface area contributed by atoms with Crippen molar-refractivity contribution in [2.24, 2.45) is 0 Å². The smallest absolute Gasteiger partial charge is 0.290 e. The summed E-state index contributed by atoms with van der Waals surface area (Å²) < 4.78 is 11.1. The topological polar surface area (TPSA) is 67.6 Å². The maximum absolute atomic E-state index is 12.6. The normalized spacial score (nSPS) is 19.3. The van der Waals surface area contributed by atoms with Gasteiger partial charge in [-0.05, 0) is 31.9 Å². The Kier molecular flexibility index (Phi) is 6.49. The third-order valence-electron chi connectivity index (χ3n) is 5.53. The summed E-state index contributed by atoms with van der Waals surface area (Å²) in [6.45, 7) is 9.34. The van der Waals surface area contributed by atoms with Crippen LogP contribution in [0.2, 0.25) is 0 Å². The largest absolute Gasteiger partial charge is 0.373 e. The minimum absolute atomic E-state index is 0.212. The fourth-order valence-corrected chi connectivity index (χ4v) is 4.04. The van der Waals surface area contributed by atoms with E-state index in [1.165, 1.54) is 11.1 Å². The number of hydrogen-bond donors (Lipinski definition) is 1. The monoisotopic (exact) mass is 419 g/mol. The number of hydrogen-bond acceptors (Lipinski definition) is 5. The minimum atomic E-state index is -0.269. The molecule has 2 heterocycles. The average Bonchev–Trinajstić information content (AvgIpc) is 3.23. The van der Waals surface area contributed by atoms with Crippen LogP contribution in [0.1, 0.15) is 41.1 Å². The summed E-state index contributed by atoms with van der Waals surface area (Å²) in [5.74, 6) is -0.0573. The van der Waals surface area contributed by atoms with Crippen LogP contribution in [-0.4, -0.2) is 41.3 Å². The Morgan fingerprint density at radius 1 is 1.06 bits per heavy atom. The lowest BCUT2D eigenvalue weighted by atomic mass is 10.1. The van der Waals surface area contributed by atoms with E-state index in [-0.39, 0.29) is 23.9 Å². The van der Waals surface area contributed by atoms with E-state index < -0.39 is 0 Å². The van der Waals surface area contributed by atoms with E-state index in [1.807, 2.05) is 43.3 Å². The zero-order valence-corrected chi connectivity index (χ0v) is 18.3. The molecule has 6 heteroatoms. The zero-order valence-electron chi connectivity index (χ0n) is 18.3. The third kappa shape index (κ3) is 5.40. The molecule has 6 nitrogen and oxygen atoms in total. The van der Waals surface area contributed by atoms with Gasteiger partial charge in [0, 0.05) is 37.8 Å². The predicted molar refractivity (Wildman–Crippen MR) is 120 cm³/mol. The summed E-state index contributed by atoms with van der Waals surface area (Å²) in [6, 6.07) is 17.9. The van der Waals surface area contributed by atoms with Gasteiger partial charge in [0.1, 0.15) is 5.69 Å². The maximum atomic E-state index is 12.6. The van der Waals surface area contributed by atoms with E-state index in [9.17, 15) is 4.79 Å². The second-order valence-electron chi connectivity index (χ2n) is 8.35. The standard InChI is InChI=1S/C25H29N3O3/c1-17-8-10-20(11-9-17)23-12-24(31-27-23)25(29)26-13-21-6-4-5-7-22(21)16-28-14-18(2)30-19(3)15-28/h4-12,18-19H,13-16H2,1-3H3,(H,26,29). The third-order valence-corrected chi connectivity index (χ3v) is 5.53. The van der Waals surface area contributed by atoms with Gasteiger partial charge in [-0.3, -0.25) is 9.69 Å². The van der Waals surface area contributed by atoms with Gasteiger partial charge in [0.15, 0.2) is 0 Å². The molecule has 0 saturated carbocycles. The van der Waals surface area contributed by atoms with Crippen molar-refractivity contribution in [3.05, 3.63) is 77.0 Å². The Hall–Kier alpha value is -2.96. The lowest BCUT2D eigenvalue weighted by molar-refractivity contribution is -0.0705. The van der Waals surface area contributed by atoms with Gasteiger partial charge in [-0.1, -0.05) is 59.3 Å². The van der Waals surface area contributed by atoms with Crippen molar-refractivity contribution in [3.8, 4) is 11.3 Å². The molecule has 4 rings (SSSR count). The minimum Gasteiger partial charge on any atom is -0.373 e. The molecule has 2 aromatic carbocycles. The fraction of sp³-hybridized carbons (Fsp3) is 0.360. The van der Waals surface area contributed by atoms with E-state index in [0.717, 1.165) is 30.8 Å². The van der Waals surface area contributed by atoms with Crippen LogP contribution in [0.15, 0.2) is 59.1 Å². The summed E-state index contributed by atoms with van der Waals surface area (Å²) in [4.78, 5) is 15.0. The molecule has 1 aliphatic heterocycles. The van der Waals surface area contributed by atoms with Crippen molar-refractivity contribution in [2.75, 3.05) is 13.1 Å². The van der Waals surface area contributed by atoms with Crippen LogP contribution in [0.5, 0.6) is 0 Å². The van der Waals surface area contributed by atoms with Crippen molar-refractivity contribution in [3.63, 3.8) is 0 Å². The number of ether oxygens (including phenoxy) is 1. The molecule has 2 atom stereocenters. The molecule has 2 unspecified atom stereocenters. The number of aromatic nitrogens is 1. The maximum Gasteiger partial charge on any atom is 0.290 e. The van der Waals surface area contributed by atoms with Crippen molar-refractivity contribution in [2.45, 2.75) is 46.1 Å². The zero-order chi connectivity index (χ0) is 21.8. The second-order valence-corrected chi connectivity index (χ2v) is 8.35. The lowest BCUT2D eigenvalue weighted by Gasteiger charge is -2.35. The molecular formula is C25H29N3O3. The van der Waals surface area contributed by atoms with Gasteiger partial charge in [-0.25, -0.2) is 0 Å². The molecule has 1 aromatic heterocycles. The number of carbonyl (C=O) groups excluding carboxylic acids is 1. The molecule has 0 aliphatic carbocycles. The van der Waals surface area contributed by atoms with Gasteiger partial charge < -0.3 is 14.6 Å². The Morgan fingerprint density at radius 3 is 2.45 bits per heavy atom. The van der Waals surface area contributed by atoms with Gasteiger partial charge in [0.2, 0.25) is 5.76 Å². The van der Waals surface area contributed by atoms with Crippen LogP contribution in [0.4, 0.5) is 0 Å². The summed E-state index contributed by atoms with van der Waals surface area (Å²) in [5, 5.41) is 7.02. The first kappa shape index (κ1) is 21.3. The summed E-state index contributed by atoms with van der Waals surface area (Å²) in [6.07, 6.45) is 0.453. The molecule has 0 spiro atoms. The number of nitrogens with zero attached hydrogens (tertiary/aromatic N) is 2. The van der Waals surface area contributed by atoms with Gasteiger partial charge in [0.25, 0.3) is 5.91 Å². The second kappa shape index (κ2) is 9.45. The first-order chi connectivity index (χ1) is 15.0. The molecule has 31 heavy (non-hydrogen) atoms. The van der Waals surface area contributed by atoms with Crippen molar-refractivity contribution >= 4 is 5.91 Å². The number of carbonyl (C=O) groups is 1. The molecular weight excluding hydrogens is 390 g/mol. The molecule has 1 saturated heterocycles. The van der Waals surface area contributed by atoms with E-state index >= 15 is 0 Å². The summed E-state index contributed by atoms with van der Waals surface area (Å²) in [7, 11) is 0. The molecule has 162 valence electrons. The van der Waals surface area contributed by atoms with E-state index in [0.29, 0.717) is 12.2 Å². The van der Waals surface area contributed by atoms with Crippen molar-refractivity contribution in [1.29, 1.82) is 0 Å². The lowest BCUT2D eigenvalue weighted by Crippen LogP contribution is -2.45. The van der Waals surface area contributed by atoms with Crippen LogP contribution in [0.3, 0.4) is 0 Å². The number of aryl methyl sites for hydroxylation is 1. The summed E-state index contributed by atoms with van der Waals surface area (Å²) >= 11 is 0. The number of benzene rings is 2. The van der Waals surface area contributed by atoms with Crippen LogP contribution in [0.25, 0.3) is 11.3 Å². The van der Waals surface area contributed by atoms with Crippen LogP contribution in [-0.2, 0) is 17.8 Å². The van der Waals surface area contributed by atoms with Crippen molar-refractivity contribution < 1.29 is 14.1 Å². The Labute approximate surface area is 183 Å². The summed E-state index contributed by atoms with van der Waals surface area (Å²) in [5.41, 5.74) is 5.06. The Morgan fingerprint density at radius 2 is 1.74 bits per heavy atom.